The molecule has 29 heavy (non-hydrogen) atoms. The Morgan fingerprint density at radius 3 is 2.62 bits per heavy atom. The van der Waals surface area contributed by atoms with Crippen molar-refractivity contribution in [1.82, 2.24) is 9.55 Å². The molecule has 1 N–H and O–H groups in total. The van der Waals surface area contributed by atoms with Gasteiger partial charge in [0.05, 0.1) is 23.3 Å². The molecule has 0 bridgehead atoms. The topological polar surface area (TPSA) is 82.5 Å². The average Bonchev–Trinajstić information content (AvgIpc) is 3.32. The maximum Gasteiger partial charge on any atom is 0.234 e. The first-order valence-electron chi connectivity index (χ1n) is 8.97. The number of hydrogen-bond acceptors (Lipinski definition) is 6. The van der Waals surface area contributed by atoms with Gasteiger partial charge in [0.1, 0.15) is 0 Å². The summed E-state index contributed by atoms with van der Waals surface area (Å²) in [4.78, 5) is 28.9. The third kappa shape index (κ3) is 3.97. The second-order valence-electron chi connectivity index (χ2n) is 6.50. The monoisotopic (exact) mass is 409 g/mol. The fourth-order valence-electron chi connectivity index (χ4n) is 3.06. The molecule has 0 unspecified atom stereocenters. The van der Waals surface area contributed by atoms with Gasteiger partial charge < -0.3 is 19.4 Å². The van der Waals surface area contributed by atoms with E-state index in [0.717, 1.165) is 16.4 Å². The van der Waals surface area contributed by atoms with E-state index in [1.165, 1.54) is 18.7 Å². The second kappa shape index (κ2) is 8.00. The Bertz CT molecular complexity index is 1080. The number of Topliss-reactive ketones (excluding diaryl/α,β-unsaturated/α-hetero) is 1. The zero-order chi connectivity index (χ0) is 20.4. The number of anilines is 1. The number of imidazole rings is 1. The highest BCUT2D eigenvalue weighted by Gasteiger charge is 2.20. The van der Waals surface area contributed by atoms with Gasteiger partial charge in [-0.15, -0.1) is 0 Å². The van der Waals surface area contributed by atoms with Gasteiger partial charge in [-0.2, -0.15) is 0 Å². The number of carbonyl (C=O) groups is 2. The average molecular weight is 409 g/mol. The number of fused-ring (bicyclic) bond motifs is 1. The normalized spacial score (nSPS) is 12.1. The molecule has 3 aromatic rings. The number of thioether (sulfide) groups is 1. The molecule has 0 radical (unpaired) electrons. The van der Waals surface area contributed by atoms with Crippen molar-refractivity contribution in [3.8, 4) is 22.8 Å². The molecule has 4 rings (SSSR count). The summed E-state index contributed by atoms with van der Waals surface area (Å²) in [6.45, 7) is 1.55. The Kier molecular flexibility index (Phi) is 5.26. The molecule has 0 spiro atoms. The van der Waals surface area contributed by atoms with Crippen LogP contribution in [-0.2, 0) is 11.8 Å². The molecule has 148 valence electrons. The number of amides is 1. The van der Waals surface area contributed by atoms with E-state index in [4.69, 9.17) is 9.47 Å². The molecule has 1 aliphatic heterocycles. The van der Waals surface area contributed by atoms with Crippen LogP contribution in [0.15, 0.2) is 53.8 Å². The summed E-state index contributed by atoms with van der Waals surface area (Å²) in [7, 11) is 1.92. The van der Waals surface area contributed by atoms with Crippen molar-refractivity contribution in [2.45, 2.75) is 12.1 Å². The molecule has 1 amide bonds. The van der Waals surface area contributed by atoms with E-state index in [1.54, 1.807) is 18.3 Å². The Morgan fingerprint density at radius 1 is 1.17 bits per heavy atom. The zero-order valence-corrected chi connectivity index (χ0v) is 16.8. The minimum atomic E-state index is -0.236. The lowest BCUT2D eigenvalue weighted by molar-refractivity contribution is -0.113. The number of hydrogen-bond donors (Lipinski definition) is 1. The van der Waals surface area contributed by atoms with Gasteiger partial charge in [0, 0.05) is 18.7 Å². The molecule has 8 heteroatoms. The summed E-state index contributed by atoms with van der Waals surface area (Å²) >= 11 is 1.33. The van der Waals surface area contributed by atoms with E-state index in [9.17, 15) is 9.59 Å². The van der Waals surface area contributed by atoms with Gasteiger partial charge >= 0.3 is 0 Å². The van der Waals surface area contributed by atoms with E-state index >= 15 is 0 Å². The summed E-state index contributed by atoms with van der Waals surface area (Å²) < 4.78 is 12.6. The van der Waals surface area contributed by atoms with Gasteiger partial charge in [0.15, 0.2) is 22.4 Å². The van der Waals surface area contributed by atoms with Crippen molar-refractivity contribution < 1.29 is 19.1 Å². The van der Waals surface area contributed by atoms with Gasteiger partial charge in [-0.3, -0.25) is 9.59 Å². The molecule has 1 aromatic heterocycles. The van der Waals surface area contributed by atoms with E-state index in [-0.39, 0.29) is 24.2 Å². The SMILES string of the molecule is CC(=O)c1cc2c(cc1NC(=O)CSc1ncc(-c3ccccc3)n1C)OCO2. The minimum absolute atomic E-state index is 0.100. The van der Waals surface area contributed by atoms with E-state index in [1.807, 2.05) is 41.9 Å². The lowest BCUT2D eigenvalue weighted by Gasteiger charge is -2.11. The second-order valence-corrected chi connectivity index (χ2v) is 7.44. The number of ether oxygens (including phenoxy) is 2. The van der Waals surface area contributed by atoms with Crippen LogP contribution in [0.1, 0.15) is 17.3 Å². The smallest absolute Gasteiger partial charge is 0.234 e. The van der Waals surface area contributed by atoms with Crippen LogP contribution in [0.25, 0.3) is 11.3 Å². The molecule has 7 nitrogen and oxygen atoms in total. The zero-order valence-electron chi connectivity index (χ0n) is 16.0. The minimum Gasteiger partial charge on any atom is -0.454 e. The number of carbonyl (C=O) groups excluding carboxylic acids is 2. The Morgan fingerprint density at radius 2 is 1.90 bits per heavy atom. The standard InChI is InChI=1S/C21H19N3O4S/c1-13(25)15-8-18-19(28-12-27-18)9-16(15)23-20(26)11-29-21-22-10-17(24(21)2)14-6-4-3-5-7-14/h3-10H,11-12H2,1-2H3,(H,23,26). The van der Waals surface area contributed by atoms with Gasteiger partial charge in [-0.25, -0.2) is 4.98 Å². The number of ketones is 1. The highest BCUT2D eigenvalue weighted by atomic mass is 32.2. The first-order chi connectivity index (χ1) is 14.0. The van der Waals surface area contributed by atoms with Gasteiger partial charge in [-0.05, 0) is 18.6 Å². The molecule has 0 atom stereocenters. The fraction of sp³-hybridized carbons (Fsp3) is 0.190. The summed E-state index contributed by atoms with van der Waals surface area (Å²) in [6, 6.07) is 13.2. The predicted octanol–water partition coefficient (Wildman–Crippen LogP) is 3.75. The molecule has 1 aliphatic rings. The lowest BCUT2D eigenvalue weighted by Crippen LogP contribution is -2.16. The van der Waals surface area contributed by atoms with Crippen LogP contribution in [0.4, 0.5) is 5.69 Å². The third-order valence-electron chi connectivity index (χ3n) is 4.51. The van der Waals surface area contributed by atoms with Crippen LogP contribution in [0.2, 0.25) is 0 Å². The number of aromatic nitrogens is 2. The molecular weight excluding hydrogens is 390 g/mol. The Labute approximate surface area is 172 Å². The first-order valence-corrected chi connectivity index (χ1v) is 9.96. The van der Waals surface area contributed by atoms with Crippen molar-refractivity contribution in [2.75, 3.05) is 17.9 Å². The van der Waals surface area contributed by atoms with Crippen LogP contribution in [-0.4, -0.2) is 33.8 Å². The van der Waals surface area contributed by atoms with Gasteiger partial charge in [0.25, 0.3) is 0 Å². The van der Waals surface area contributed by atoms with Crippen molar-refractivity contribution in [3.63, 3.8) is 0 Å². The Hall–Kier alpha value is -3.26. The maximum atomic E-state index is 12.5. The molecule has 2 aromatic carbocycles. The van der Waals surface area contributed by atoms with Crippen LogP contribution in [0.5, 0.6) is 11.5 Å². The highest BCUT2D eigenvalue weighted by Crippen LogP contribution is 2.37. The van der Waals surface area contributed by atoms with Crippen LogP contribution >= 0.6 is 11.8 Å². The quantitative estimate of drug-likeness (QED) is 0.493. The van der Waals surface area contributed by atoms with Crippen molar-refractivity contribution in [1.29, 1.82) is 0 Å². The van der Waals surface area contributed by atoms with Crippen molar-refractivity contribution >= 4 is 29.1 Å². The van der Waals surface area contributed by atoms with Gasteiger partial charge in [0.2, 0.25) is 12.7 Å². The van der Waals surface area contributed by atoms with E-state index < -0.39 is 0 Å². The summed E-state index contributed by atoms with van der Waals surface area (Å²) in [6.07, 6.45) is 1.79. The molecular formula is C21H19N3O4S. The maximum absolute atomic E-state index is 12.5. The third-order valence-corrected chi connectivity index (χ3v) is 5.56. The predicted molar refractivity (Wildman–Crippen MR) is 111 cm³/mol. The van der Waals surface area contributed by atoms with E-state index in [2.05, 4.69) is 10.3 Å². The van der Waals surface area contributed by atoms with Crippen LogP contribution in [0, 0.1) is 0 Å². The number of nitrogens with zero attached hydrogens (tertiary/aromatic N) is 2. The number of benzene rings is 2. The fourth-order valence-corrected chi connectivity index (χ4v) is 3.81. The van der Waals surface area contributed by atoms with E-state index in [0.29, 0.717) is 22.7 Å². The van der Waals surface area contributed by atoms with Crippen molar-refractivity contribution in [2.24, 2.45) is 7.05 Å². The number of nitrogens with one attached hydrogen (secondary N) is 1. The molecule has 0 saturated heterocycles. The highest BCUT2D eigenvalue weighted by molar-refractivity contribution is 7.99. The molecule has 2 heterocycles. The summed E-state index contributed by atoms with van der Waals surface area (Å²) in [5.41, 5.74) is 2.83. The first kappa shape index (κ1) is 19.1. The Balaban J connectivity index is 1.45. The van der Waals surface area contributed by atoms with Crippen LogP contribution < -0.4 is 14.8 Å². The molecule has 0 saturated carbocycles. The number of rotatable bonds is 6. The van der Waals surface area contributed by atoms with Crippen molar-refractivity contribution in [3.05, 3.63) is 54.2 Å². The van der Waals surface area contributed by atoms with Gasteiger partial charge in [-0.1, -0.05) is 42.1 Å². The molecule has 0 fully saturated rings. The van der Waals surface area contributed by atoms with Crippen LogP contribution in [0.3, 0.4) is 0 Å². The lowest BCUT2D eigenvalue weighted by atomic mass is 10.1. The molecule has 0 aliphatic carbocycles. The summed E-state index contributed by atoms with van der Waals surface area (Å²) in [5.74, 6) is 0.771. The largest absolute Gasteiger partial charge is 0.454 e. The summed E-state index contributed by atoms with van der Waals surface area (Å²) in [5, 5.41) is 3.53.